The molecule has 1 aromatic heterocycles. The van der Waals surface area contributed by atoms with Gasteiger partial charge in [0.1, 0.15) is 5.76 Å². The zero-order valence-corrected chi connectivity index (χ0v) is 11.2. The second-order valence-corrected chi connectivity index (χ2v) is 3.93. The third-order valence-electron chi connectivity index (χ3n) is 2.51. The van der Waals surface area contributed by atoms with Gasteiger partial charge in [0.15, 0.2) is 0 Å². The summed E-state index contributed by atoms with van der Waals surface area (Å²) in [5, 5.41) is 20.2. The van der Waals surface area contributed by atoms with Crippen LogP contribution >= 0.6 is 0 Å². The Balaban J connectivity index is 2.48. The van der Waals surface area contributed by atoms with Crippen LogP contribution in [0.5, 0.6) is 0 Å². The van der Waals surface area contributed by atoms with Crippen molar-refractivity contribution in [2.75, 3.05) is 33.4 Å². The summed E-state index contributed by atoms with van der Waals surface area (Å²) in [6, 6.07) is 2.42. The number of carboxylic acids is 1. The highest BCUT2D eigenvalue weighted by atomic mass is 16.5. The van der Waals surface area contributed by atoms with Gasteiger partial charge in [-0.25, -0.2) is 9.59 Å². The van der Waals surface area contributed by atoms with Crippen molar-refractivity contribution < 1.29 is 29.0 Å². The predicted molar refractivity (Wildman–Crippen MR) is 68.4 cm³/mol. The number of aliphatic hydroxyl groups is 1. The number of nitrogens with zero attached hydrogens (tertiary/aromatic N) is 1. The van der Waals surface area contributed by atoms with Gasteiger partial charge in [-0.05, 0) is 12.1 Å². The van der Waals surface area contributed by atoms with Gasteiger partial charge in [-0.15, -0.1) is 0 Å². The maximum absolute atomic E-state index is 11.8. The Morgan fingerprint density at radius 2 is 2.15 bits per heavy atom. The Bertz CT molecular complexity index is 445. The molecule has 1 rings (SSSR count). The molecule has 0 atom stereocenters. The minimum absolute atomic E-state index is 0.0705. The van der Waals surface area contributed by atoms with Crippen molar-refractivity contribution in [2.24, 2.45) is 0 Å². The zero-order valence-electron chi connectivity index (χ0n) is 11.2. The molecule has 1 heterocycles. The quantitative estimate of drug-likeness (QED) is 0.626. The molecule has 0 unspecified atom stereocenters. The number of carbonyl (C=O) groups is 2. The molecule has 0 aliphatic rings. The molecule has 2 amide bonds. The SMILES string of the molecule is COCCN(CCO)C(=O)NCc1ccc(C(=O)O)o1. The lowest BCUT2D eigenvalue weighted by atomic mass is 10.4. The van der Waals surface area contributed by atoms with Gasteiger partial charge in [0.05, 0.1) is 19.8 Å². The molecular weight excluding hydrogens is 268 g/mol. The van der Waals surface area contributed by atoms with E-state index in [1.807, 2.05) is 0 Å². The third-order valence-corrected chi connectivity index (χ3v) is 2.51. The molecule has 20 heavy (non-hydrogen) atoms. The summed E-state index contributed by atoms with van der Waals surface area (Å²) in [6.45, 7) is 0.814. The number of carboxylic acid groups (broad SMARTS) is 1. The lowest BCUT2D eigenvalue weighted by Gasteiger charge is -2.21. The smallest absolute Gasteiger partial charge is 0.371 e. The van der Waals surface area contributed by atoms with E-state index in [1.165, 1.54) is 24.1 Å². The van der Waals surface area contributed by atoms with Gasteiger partial charge >= 0.3 is 12.0 Å². The second-order valence-electron chi connectivity index (χ2n) is 3.93. The molecule has 0 aliphatic carbocycles. The zero-order chi connectivity index (χ0) is 15.0. The third kappa shape index (κ3) is 4.90. The number of ether oxygens (including phenoxy) is 1. The largest absolute Gasteiger partial charge is 0.475 e. The highest BCUT2D eigenvalue weighted by molar-refractivity contribution is 5.84. The molecule has 0 spiro atoms. The molecule has 8 nitrogen and oxygen atoms in total. The molecule has 112 valence electrons. The minimum Gasteiger partial charge on any atom is -0.475 e. The number of furan rings is 1. The van der Waals surface area contributed by atoms with Crippen LogP contribution in [0.3, 0.4) is 0 Å². The molecule has 3 N–H and O–H groups in total. The number of amides is 2. The molecule has 0 aliphatic heterocycles. The number of rotatable bonds is 8. The molecule has 0 fully saturated rings. The van der Waals surface area contributed by atoms with Crippen LogP contribution in [0.2, 0.25) is 0 Å². The van der Waals surface area contributed by atoms with Crippen LogP contribution in [0.15, 0.2) is 16.5 Å². The number of hydrogen-bond donors (Lipinski definition) is 3. The average molecular weight is 286 g/mol. The van der Waals surface area contributed by atoms with Crippen LogP contribution in [0.4, 0.5) is 4.79 Å². The molecule has 0 saturated carbocycles. The van der Waals surface area contributed by atoms with Crippen LogP contribution in [-0.4, -0.2) is 60.5 Å². The van der Waals surface area contributed by atoms with Crippen molar-refractivity contribution in [1.82, 2.24) is 10.2 Å². The van der Waals surface area contributed by atoms with Crippen LogP contribution in [0, 0.1) is 0 Å². The normalized spacial score (nSPS) is 10.3. The average Bonchev–Trinajstić information content (AvgIpc) is 2.90. The lowest BCUT2D eigenvalue weighted by molar-refractivity contribution is 0.0660. The Hall–Kier alpha value is -2.06. The summed E-state index contributed by atoms with van der Waals surface area (Å²) in [7, 11) is 1.52. The monoisotopic (exact) mass is 286 g/mol. The Morgan fingerprint density at radius 1 is 1.40 bits per heavy atom. The van der Waals surface area contributed by atoms with Crippen LogP contribution in [-0.2, 0) is 11.3 Å². The van der Waals surface area contributed by atoms with Crippen molar-refractivity contribution in [3.8, 4) is 0 Å². The van der Waals surface area contributed by atoms with E-state index in [4.69, 9.17) is 19.4 Å². The maximum atomic E-state index is 11.8. The van der Waals surface area contributed by atoms with Gasteiger partial charge in [0, 0.05) is 20.2 Å². The van der Waals surface area contributed by atoms with E-state index < -0.39 is 5.97 Å². The van der Waals surface area contributed by atoms with Crippen molar-refractivity contribution in [1.29, 1.82) is 0 Å². The first kappa shape index (κ1) is 16.0. The fourth-order valence-corrected chi connectivity index (χ4v) is 1.50. The summed E-state index contributed by atoms with van der Waals surface area (Å²) in [5.74, 6) is -1.00. The van der Waals surface area contributed by atoms with Gasteiger partial charge in [-0.2, -0.15) is 0 Å². The van der Waals surface area contributed by atoms with Gasteiger partial charge in [-0.3, -0.25) is 0 Å². The first-order valence-electron chi connectivity index (χ1n) is 6.03. The summed E-state index contributed by atoms with van der Waals surface area (Å²) in [4.78, 5) is 23.9. The second kappa shape index (κ2) is 8.18. The molecule has 0 aromatic carbocycles. The first-order valence-corrected chi connectivity index (χ1v) is 6.03. The highest BCUT2D eigenvalue weighted by Gasteiger charge is 2.14. The van der Waals surface area contributed by atoms with E-state index in [-0.39, 0.29) is 31.5 Å². The number of nitrogens with one attached hydrogen (secondary N) is 1. The van der Waals surface area contributed by atoms with Crippen LogP contribution in [0.25, 0.3) is 0 Å². The summed E-state index contributed by atoms with van der Waals surface area (Å²) in [5.41, 5.74) is 0. The summed E-state index contributed by atoms with van der Waals surface area (Å²) < 4.78 is 9.88. The van der Waals surface area contributed by atoms with Crippen molar-refractivity contribution in [3.63, 3.8) is 0 Å². The fraction of sp³-hybridized carbons (Fsp3) is 0.500. The van der Waals surface area contributed by atoms with E-state index in [1.54, 1.807) is 0 Å². The van der Waals surface area contributed by atoms with Crippen LogP contribution < -0.4 is 5.32 Å². The Kier molecular flexibility index (Phi) is 6.54. The van der Waals surface area contributed by atoms with Gasteiger partial charge in [-0.1, -0.05) is 0 Å². The summed E-state index contributed by atoms with van der Waals surface area (Å²) in [6.07, 6.45) is 0. The van der Waals surface area contributed by atoms with E-state index in [9.17, 15) is 9.59 Å². The topological polar surface area (TPSA) is 112 Å². The molecule has 1 aromatic rings. The van der Waals surface area contributed by atoms with Gasteiger partial charge in [0.25, 0.3) is 0 Å². The maximum Gasteiger partial charge on any atom is 0.371 e. The number of carbonyl (C=O) groups excluding carboxylic acids is 1. The van der Waals surface area contributed by atoms with E-state index in [2.05, 4.69) is 5.32 Å². The van der Waals surface area contributed by atoms with Gasteiger partial charge < -0.3 is 29.6 Å². The number of aliphatic hydroxyl groups excluding tert-OH is 1. The summed E-state index contributed by atoms with van der Waals surface area (Å²) >= 11 is 0. The van der Waals surface area contributed by atoms with Crippen LogP contribution in [0.1, 0.15) is 16.3 Å². The van der Waals surface area contributed by atoms with Crippen molar-refractivity contribution >= 4 is 12.0 Å². The van der Waals surface area contributed by atoms with Crippen molar-refractivity contribution in [3.05, 3.63) is 23.7 Å². The first-order chi connectivity index (χ1) is 9.58. The fourth-order valence-electron chi connectivity index (χ4n) is 1.50. The molecule has 0 radical (unpaired) electrons. The van der Waals surface area contributed by atoms with Gasteiger partial charge in [0.2, 0.25) is 5.76 Å². The standard InChI is InChI=1S/C12H18N2O6/c1-19-7-5-14(4-6-15)12(18)13-8-9-2-3-10(20-9)11(16)17/h2-3,15H,4-8H2,1H3,(H,13,18)(H,16,17). The molecule has 8 heteroatoms. The number of hydrogen-bond acceptors (Lipinski definition) is 5. The minimum atomic E-state index is -1.16. The van der Waals surface area contributed by atoms with E-state index in [0.29, 0.717) is 18.9 Å². The Morgan fingerprint density at radius 3 is 2.70 bits per heavy atom. The molecule has 0 saturated heterocycles. The predicted octanol–water partition coefficient (Wildman–Crippen LogP) is 0.128. The van der Waals surface area contributed by atoms with E-state index >= 15 is 0 Å². The lowest BCUT2D eigenvalue weighted by Crippen LogP contribution is -2.42. The number of methoxy groups -OCH3 is 1. The Labute approximate surface area is 115 Å². The number of aromatic carboxylic acids is 1. The van der Waals surface area contributed by atoms with Crippen molar-refractivity contribution in [2.45, 2.75) is 6.54 Å². The molecule has 0 bridgehead atoms. The highest BCUT2D eigenvalue weighted by Crippen LogP contribution is 2.07. The number of urea groups is 1. The van der Waals surface area contributed by atoms with E-state index in [0.717, 1.165) is 0 Å². The molecular formula is C12H18N2O6.